The standard InChI is InChI=1S/C20H21N3OS2/c1-11(2)14-5-7-15(8-6-14)18(24)22-19(25)23-20-21-17-13(4)9-12(3)10-16(17)26-20/h5-11H,1-4H3,(H2,21,22,23,24,25). The van der Waals surface area contributed by atoms with Gasteiger partial charge in [-0.2, -0.15) is 0 Å². The second kappa shape index (κ2) is 7.51. The molecule has 26 heavy (non-hydrogen) atoms. The fourth-order valence-corrected chi connectivity index (χ4v) is 4.05. The van der Waals surface area contributed by atoms with E-state index in [0.717, 1.165) is 15.8 Å². The highest BCUT2D eigenvalue weighted by molar-refractivity contribution is 7.80. The summed E-state index contributed by atoms with van der Waals surface area (Å²) in [6.07, 6.45) is 0. The van der Waals surface area contributed by atoms with Crippen molar-refractivity contribution in [3.05, 3.63) is 58.7 Å². The lowest BCUT2D eigenvalue weighted by atomic mass is 10.0. The van der Waals surface area contributed by atoms with Gasteiger partial charge in [0, 0.05) is 5.56 Å². The lowest BCUT2D eigenvalue weighted by molar-refractivity contribution is 0.0977. The molecular formula is C20H21N3OS2. The lowest BCUT2D eigenvalue weighted by Gasteiger charge is -2.09. The Hall–Kier alpha value is -2.31. The first-order valence-electron chi connectivity index (χ1n) is 8.43. The van der Waals surface area contributed by atoms with Gasteiger partial charge in [0.15, 0.2) is 10.2 Å². The van der Waals surface area contributed by atoms with Gasteiger partial charge >= 0.3 is 0 Å². The van der Waals surface area contributed by atoms with Crippen LogP contribution in [0.5, 0.6) is 0 Å². The van der Waals surface area contributed by atoms with Crippen LogP contribution in [-0.4, -0.2) is 16.0 Å². The molecule has 2 N–H and O–H groups in total. The average molecular weight is 384 g/mol. The number of fused-ring (bicyclic) bond motifs is 1. The number of benzene rings is 2. The van der Waals surface area contributed by atoms with Crippen LogP contribution in [0, 0.1) is 13.8 Å². The molecule has 0 atom stereocenters. The number of amides is 1. The van der Waals surface area contributed by atoms with E-state index in [0.29, 0.717) is 16.6 Å². The Labute approximate surface area is 162 Å². The molecule has 0 spiro atoms. The summed E-state index contributed by atoms with van der Waals surface area (Å²) >= 11 is 6.79. The maximum Gasteiger partial charge on any atom is 0.257 e. The topological polar surface area (TPSA) is 54.0 Å². The van der Waals surface area contributed by atoms with E-state index >= 15 is 0 Å². The van der Waals surface area contributed by atoms with E-state index in [1.165, 1.54) is 22.5 Å². The minimum absolute atomic E-state index is 0.231. The zero-order chi connectivity index (χ0) is 18.8. The van der Waals surface area contributed by atoms with E-state index in [4.69, 9.17) is 12.2 Å². The molecule has 1 aromatic heterocycles. The van der Waals surface area contributed by atoms with Crippen LogP contribution in [-0.2, 0) is 0 Å². The number of nitrogens with one attached hydrogen (secondary N) is 2. The van der Waals surface area contributed by atoms with Gasteiger partial charge in [-0.05, 0) is 66.9 Å². The molecule has 6 heteroatoms. The van der Waals surface area contributed by atoms with Gasteiger partial charge in [-0.15, -0.1) is 0 Å². The van der Waals surface area contributed by atoms with Gasteiger partial charge in [0.2, 0.25) is 0 Å². The Balaban J connectivity index is 1.68. The predicted molar refractivity (Wildman–Crippen MR) is 113 cm³/mol. The van der Waals surface area contributed by atoms with Gasteiger partial charge < -0.3 is 5.32 Å². The van der Waals surface area contributed by atoms with E-state index < -0.39 is 0 Å². The Kier molecular flexibility index (Phi) is 5.34. The number of thiocarbonyl (C=S) groups is 1. The number of thiazole rings is 1. The third-order valence-corrected chi connectivity index (χ3v) is 5.24. The fourth-order valence-electron chi connectivity index (χ4n) is 2.75. The second-order valence-electron chi connectivity index (χ2n) is 6.63. The van der Waals surface area contributed by atoms with Crippen molar-refractivity contribution >= 4 is 49.9 Å². The molecule has 0 saturated heterocycles. The molecule has 0 fully saturated rings. The number of carbonyl (C=O) groups excluding carboxylic acids is 1. The van der Waals surface area contributed by atoms with Crippen molar-refractivity contribution < 1.29 is 4.79 Å². The zero-order valence-electron chi connectivity index (χ0n) is 15.2. The SMILES string of the molecule is Cc1cc(C)c2nc(NC(=S)NC(=O)c3ccc(C(C)C)cc3)sc2c1. The highest BCUT2D eigenvalue weighted by Gasteiger charge is 2.11. The van der Waals surface area contributed by atoms with Crippen LogP contribution in [0.15, 0.2) is 36.4 Å². The van der Waals surface area contributed by atoms with Crippen LogP contribution in [0.1, 0.15) is 46.8 Å². The average Bonchev–Trinajstić information content (AvgIpc) is 2.97. The van der Waals surface area contributed by atoms with Gasteiger partial charge in [0.25, 0.3) is 5.91 Å². The highest BCUT2D eigenvalue weighted by atomic mass is 32.1. The molecule has 0 aliphatic carbocycles. The maximum absolute atomic E-state index is 12.3. The normalized spacial score (nSPS) is 11.0. The Bertz CT molecular complexity index is 975. The molecule has 3 aromatic rings. The smallest absolute Gasteiger partial charge is 0.257 e. The van der Waals surface area contributed by atoms with Crippen molar-refractivity contribution in [2.45, 2.75) is 33.6 Å². The summed E-state index contributed by atoms with van der Waals surface area (Å²) < 4.78 is 1.10. The third-order valence-electron chi connectivity index (χ3n) is 4.12. The Morgan fingerprint density at radius 1 is 1.15 bits per heavy atom. The van der Waals surface area contributed by atoms with Gasteiger partial charge in [0.1, 0.15) is 0 Å². The van der Waals surface area contributed by atoms with Crippen LogP contribution >= 0.6 is 23.6 Å². The predicted octanol–water partition coefficient (Wildman–Crippen LogP) is 5.16. The van der Waals surface area contributed by atoms with Crippen molar-refractivity contribution in [3.63, 3.8) is 0 Å². The number of carbonyl (C=O) groups is 1. The number of nitrogens with zero attached hydrogens (tertiary/aromatic N) is 1. The van der Waals surface area contributed by atoms with Crippen molar-refractivity contribution in [2.75, 3.05) is 5.32 Å². The zero-order valence-corrected chi connectivity index (χ0v) is 16.8. The highest BCUT2D eigenvalue weighted by Crippen LogP contribution is 2.29. The largest absolute Gasteiger partial charge is 0.308 e. The molecule has 134 valence electrons. The first-order valence-corrected chi connectivity index (χ1v) is 9.66. The van der Waals surface area contributed by atoms with Gasteiger partial charge in [-0.25, -0.2) is 4.98 Å². The van der Waals surface area contributed by atoms with Gasteiger partial charge in [0.05, 0.1) is 10.2 Å². The van der Waals surface area contributed by atoms with Gasteiger partial charge in [-0.3, -0.25) is 10.1 Å². The monoisotopic (exact) mass is 383 g/mol. The molecule has 0 bridgehead atoms. The molecule has 0 aliphatic heterocycles. The van der Waals surface area contributed by atoms with E-state index in [9.17, 15) is 4.79 Å². The van der Waals surface area contributed by atoms with Crippen LogP contribution in [0.2, 0.25) is 0 Å². The van der Waals surface area contributed by atoms with Crippen LogP contribution in [0.4, 0.5) is 5.13 Å². The third kappa shape index (κ3) is 4.08. The van der Waals surface area contributed by atoms with Crippen LogP contribution < -0.4 is 10.6 Å². The first-order chi connectivity index (χ1) is 12.3. The summed E-state index contributed by atoms with van der Waals surface area (Å²) in [6.45, 7) is 8.35. The second-order valence-corrected chi connectivity index (χ2v) is 8.07. The molecular weight excluding hydrogens is 362 g/mol. The number of aryl methyl sites for hydroxylation is 2. The lowest BCUT2D eigenvalue weighted by Crippen LogP contribution is -2.34. The van der Waals surface area contributed by atoms with Crippen molar-refractivity contribution in [1.29, 1.82) is 0 Å². The van der Waals surface area contributed by atoms with Gasteiger partial charge in [-0.1, -0.05) is 43.4 Å². The van der Waals surface area contributed by atoms with E-state index in [-0.39, 0.29) is 11.0 Å². The molecule has 0 aliphatic rings. The van der Waals surface area contributed by atoms with E-state index in [2.05, 4.69) is 48.5 Å². The Morgan fingerprint density at radius 3 is 2.50 bits per heavy atom. The first kappa shape index (κ1) is 18.5. The summed E-state index contributed by atoms with van der Waals surface area (Å²) in [5.41, 5.74) is 5.06. The minimum Gasteiger partial charge on any atom is -0.308 e. The number of hydrogen-bond acceptors (Lipinski definition) is 4. The number of hydrogen-bond donors (Lipinski definition) is 2. The maximum atomic E-state index is 12.3. The van der Waals surface area contributed by atoms with Crippen molar-refractivity contribution in [1.82, 2.24) is 10.3 Å². The Morgan fingerprint density at radius 2 is 1.85 bits per heavy atom. The molecule has 2 aromatic carbocycles. The quantitative estimate of drug-likeness (QED) is 0.613. The molecule has 4 nitrogen and oxygen atoms in total. The molecule has 0 saturated carbocycles. The van der Waals surface area contributed by atoms with Crippen molar-refractivity contribution in [3.8, 4) is 0 Å². The summed E-state index contributed by atoms with van der Waals surface area (Å²) in [5.74, 6) is 0.201. The number of anilines is 1. The molecule has 1 heterocycles. The molecule has 1 amide bonds. The minimum atomic E-state index is -0.231. The fraction of sp³-hybridized carbons (Fsp3) is 0.250. The van der Waals surface area contributed by atoms with Crippen LogP contribution in [0.25, 0.3) is 10.2 Å². The molecule has 0 unspecified atom stereocenters. The van der Waals surface area contributed by atoms with E-state index in [1.54, 1.807) is 0 Å². The van der Waals surface area contributed by atoms with E-state index in [1.807, 2.05) is 31.2 Å². The number of aromatic nitrogens is 1. The summed E-state index contributed by atoms with van der Waals surface area (Å²) in [5, 5.41) is 6.65. The molecule has 0 radical (unpaired) electrons. The molecule has 3 rings (SSSR count). The summed E-state index contributed by atoms with van der Waals surface area (Å²) in [6, 6.07) is 11.8. The number of rotatable bonds is 3. The van der Waals surface area contributed by atoms with Crippen LogP contribution in [0.3, 0.4) is 0 Å². The summed E-state index contributed by atoms with van der Waals surface area (Å²) in [7, 11) is 0. The van der Waals surface area contributed by atoms with Crippen molar-refractivity contribution in [2.24, 2.45) is 0 Å². The summed E-state index contributed by atoms with van der Waals surface area (Å²) in [4.78, 5) is 16.9.